The first kappa shape index (κ1) is 30.7. The first-order valence-electron chi connectivity index (χ1n) is 14.8. The van der Waals surface area contributed by atoms with Gasteiger partial charge in [-0.15, -0.1) is 0 Å². The van der Waals surface area contributed by atoms with Gasteiger partial charge in [-0.25, -0.2) is 19.2 Å². The minimum atomic E-state index is -1.10. The Morgan fingerprint density at radius 1 is 0.870 bits per heavy atom. The number of benzene rings is 3. The molecular formula is C34H33FN6O5. The summed E-state index contributed by atoms with van der Waals surface area (Å²) in [7, 11) is 0. The van der Waals surface area contributed by atoms with Crippen molar-refractivity contribution in [1.29, 1.82) is 0 Å². The van der Waals surface area contributed by atoms with Crippen molar-refractivity contribution >= 4 is 45.7 Å². The lowest BCUT2D eigenvalue weighted by Crippen LogP contribution is -2.37. The lowest BCUT2D eigenvalue weighted by atomic mass is 10.1. The van der Waals surface area contributed by atoms with Crippen LogP contribution in [0.1, 0.15) is 26.5 Å². The molecule has 6 rings (SSSR count). The van der Waals surface area contributed by atoms with E-state index in [0.717, 1.165) is 33.9 Å². The molecule has 3 amide bonds. The maximum absolute atomic E-state index is 14.3. The standard InChI is InChI=1S/C34H33FN6O5/c1-20(42)36-27-11-9-24(19-26(27)35)38-33(43)37-23-7-4-21(5-8-23)31-39-28-18-22(29-12-13-30(46-29)34(2,3)44)6-10-25(28)32(40-31)41-14-16-45-17-15-41/h4-13,18-19,44H,14-17H2,1-3H3,(H,36,42)(H2,37,38,43). The Labute approximate surface area is 264 Å². The van der Waals surface area contributed by atoms with E-state index in [1.807, 2.05) is 36.4 Å². The van der Waals surface area contributed by atoms with Crippen molar-refractivity contribution in [3.05, 3.63) is 84.4 Å². The molecule has 0 radical (unpaired) electrons. The summed E-state index contributed by atoms with van der Waals surface area (Å²) in [4.78, 5) is 35.8. The summed E-state index contributed by atoms with van der Waals surface area (Å²) in [6.07, 6.45) is 0. The summed E-state index contributed by atoms with van der Waals surface area (Å²) in [6, 6.07) is 20.0. The van der Waals surface area contributed by atoms with Crippen molar-refractivity contribution in [3.8, 4) is 22.7 Å². The second-order valence-corrected chi connectivity index (χ2v) is 11.5. The maximum atomic E-state index is 14.3. The molecule has 12 heteroatoms. The van der Waals surface area contributed by atoms with Crippen molar-refractivity contribution < 1.29 is 28.2 Å². The normalized spacial score (nSPS) is 13.5. The van der Waals surface area contributed by atoms with E-state index in [0.29, 0.717) is 49.3 Å². The van der Waals surface area contributed by atoms with Crippen LogP contribution in [0.15, 0.2) is 77.2 Å². The molecule has 2 aromatic heterocycles. The van der Waals surface area contributed by atoms with Gasteiger partial charge >= 0.3 is 6.03 Å². The highest BCUT2D eigenvalue weighted by atomic mass is 19.1. The maximum Gasteiger partial charge on any atom is 0.323 e. The van der Waals surface area contributed by atoms with Crippen molar-refractivity contribution in [2.45, 2.75) is 26.4 Å². The number of carbonyl (C=O) groups is 2. The molecule has 1 aliphatic heterocycles. The van der Waals surface area contributed by atoms with Gasteiger partial charge in [0, 0.05) is 47.9 Å². The fraction of sp³-hybridized carbons (Fsp3) is 0.235. The van der Waals surface area contributed by atoms with Crippen LogP contribution >= 0.6 is 0 Å². The molecule has 46 heavy (non-hydrogen) atoms. The average molecular weight is 625 g/mol. The number of carbonyl (C=O) groups excluding carboxylic acids is 2. The van der Waals surface area contributed by atoms with E-state index >= 15 is 0 Å². The Morgan fingerprint density at radius 2 is 1.57 bits per heavy atom. The number of amides is 3. The number of furan rings is 1. The Balaban J connectivity index is 1.25. The fourth-order valence-corrected chi connectivity index (χ4v) is 5.11. The summed E-state index contributed by atoms with van der Waals surface area (Å²) in [5.41, 5.74) is 1.94. The van der Waals surface area contributed by atoms with Crippen LogP contribution in [0.2, 0.25) is 0 Å². The van der Waals surface area contributed by atoms with Crippen LogP contribution in [0.5, 0.6) is 0 Å². The third-order valence-corrected chi connectivity index (χ3v) is 7.42. The molecule has 4 N–H and O–H groups in total. The van der Waals surface area contributed by atoms with Crippen LogP contribution in [0.25, 0.3) is 33.6 Å². The van der Waals surface area contributed by atoms with Gasteiger partial charge in [0.1, 0.15) is 28.8 Å². The number of nitrogens with one attached hydrogen (secondary N) is 3. The molecule has 0 saturated carbocycles. The zero-order chi connectivity index (χ0) is 32.4. The second-order valence-electron chi connectivity index (χ2n) is 11.5. The third-order valence-electron chi connectivity index (χ3n) is 7.42. The Bertz CT molecular complexity index is 1910. The largest absolute Gasteiger partial charge is 0.458 e. The van der Waals surface area contributed by atoms with Gasteiger partial charge in [-0.3, -0.25) is 4.79 Å². The van der Waals surface area contributed by atoms with Gasteiger partial charge in [-0.2, -0.15) is 0 Å². The quantitative estimate of drug-likeness (QED) is 0.164. The van der Waals surface area contributed by atoms with Crippen LogP contribution < -0.4 is 20.9 Å². The van der Waals surface area contributed by atoms with E-state index in [1.165, 1.54) is 19.1 Å². The number of rotatable bonds is 7. The summed E-state index contributed by atoms with van der Waals surface area (Å²) in [5, 5.41) is 19.0. The SMILES string of the molecule is CC(=O)Nc1ccc(NC(=O)Nc2ccc(-c3nc(N4CCOCC4)c4ccc(-c5ccc(C(C)(C)O)o5)cc4n3)cc2)cc1F. The molecule has 1 aliphatic rings. The minimum absolute atomic E-state index is 0.0267. The van der Waals surface area contributed by atoms with Crippen LogP contribution in [0.3, 0.4) is 0 Å². The Morgan fingerprint density at radius 3 is 2.24 bits per heavy atom. The topological polar surface area (TPSA) is 142 Å². The van der Waals surface area contributed by atoms with Crippen molar-refractivity contribution in [2.24, 2.45) is 0 Å². The minimum Gasteiger partial charge on any atom is -0.458 e. The molecule has 0 bridgehead atoms. The Kier molecular flexibility index (Phi) is 8.39. The van der Waals surface area contributed by atoms with Gasteiger partial charge < -0.3 is 35.1 Å². The van der Waals surface area contributed by atoms with E-state index in [9.17, 15) is 19.1 Å². The summed E-state index contributed by atoms with van der Waals surface area (Å²) in [5.74, 6) is 1.33. The Hall–Kier alpha value is -5.33. The number of hydrogen-bond donors (Lipinski definition) is 4. The average Bonchev–Trinajstić information content (AvgIpc) is 3.54. The van der Waals surface area contributed by atoms with Gasteiger partial charge in [0.15, 0.2) is 5.82 Å². The molecule has 3 heterocycles. The van der Waals surface area contributed by atoms with E-state index in [2.05, 4.69) is 20.9 Å². The van der Waals surface area contributed by atoms with Crippen LogP contribution in [-0.4, -0.2) is 53.3 Å². The fourth-order valence-electron chi connectivity index (χ4n) is 5.11. The molecule has 5 aromatic rings. The molecule has 0 atom stereocenters. The molecular weight excluding hydrogens is 591 g/mol. The predicted molar refractivity (Wildman–Crippen MR) is 174 cm³/mol. The molecule has 3 aromatic carbocycles. The first-order valence-corrected chi connectivity index (χ1v) is 14.8. The summed E-state index contributed by atoms with van der Waals surface area (Å²) < 4.78 is 25.8. The molecule has 236 valence electrons. The van der Waals surface area contributed by atoms with E-state index in [1.54, 1.807) is 32.0 Å². The van der Waals surface area contributed by atoms with Gasteiger partial charge in [0.2, 0.25) is 5.91 Å². The third kappa shape index (κ3) is 6.82. The highest BCUT2D eigenvalue weighted by Gasteiger charge is 2.22. The number of nitrogens with zero attached hydrogens (tertiary/aromatic N) is 3. The van der Waals surface area contributed by atoms with Gasteiger partial charge in [0.25, 0.3) is 0 Å². The van der Waals surface area contributed by atoms with Crippen molar-refractivity contribution in [3.63, 3.8) is 0 Å². The number of aliphatic hydroxyl groups is 1. The van der Waals surface area contributed by atoms with Crippen LogP contribution in [0.4, 0.5) is 32.1 Å². The number of morpholine rings is 1. The molecule has 1 fully saturated rings. The molecule has 11 nitrogen and oxygen atoms in total. The van der Waals surface area contributed by atoms with Gasteiger partial charge in [-0.05, 0) is 80.6 Å². The zero-order valence-corrected chi connectivity index (χ0v) is 25.6. The molecule has 0 aliphatic carbocycles. The lowest BCUT2D eigenvalue weighted by Gasteiger charge is -2.29. The number of fused-ring (bicyclic) bond motifs is 1. The van der Waals surface area contributed by atoms with Crippen molar-refractivity contribution in [1.82, 2.24) is 9.97 Å². The first-order chi connectivity index (χ1) is 22.0. The van der Waals surface area contributed by atoms with Crippen LogP contribution in [-0.2, 0) is 15.1 Å². The molecule has 0 unspecified atom stereocenters. The highest BCUT2D eigenvalue weighted by molar-refractivity contribution is 6.00. The number of urea groups is 1. The molecule has 1 saturated heterocycles. The van der Waals surface area contributed by atoms with Gasteiger partial charge in [-0.1, -0.05) is 6.07 Å². The lowest BCUT2D eigenvalue weighted by molar-refractivity contribution is -0.114. The smallest absolute Gasteiger partial charge is 0.323 e. The molecule has 0 spiro atoms. The van der Waals surface area contributed by atoms with E-state index in [4.69, 9.17) is 19.1 Å². The van der Waals surface area contributed by atoms with E-state index in [-0.39, 0.29) is 11.4 Å². The van der Waals surface area contributed by atoms with Crippen LogP contribution in [0, 0.1) is 5.82 Å². The summed E-state index contributed by atoms with van der Waals surface area (Å²) >= 11 is 0. The number of anilines is 4. The highest BCUT2D eigenvalue weighted by Crippen LogP contribution is 2.34. The monoisotopic (exact) mass is 624 g/mol. The van der Waals surface area contributed by atoms with Gasteiger partial charge in [0.05, 0.1) is 24.4 Å². The predicted octanol–water partition coefficient (Wildman–Crippen LogP) is 6.36. The number of hydrogen-bond acceptors (Lipinski definition) is 8. The van der Waals surface area contributed by atoms with Crippen molar-refractivity contribution in [2.75, 3.05) is 47.2 Å². The zero-order valence-electron chi connectivity index (χ0n) is 25.6. The number of ether oxygens (including phenoxy) is 1. The summed E-state index contributed by atoms with van der Waals surface area (Å²) in [6.45, 7) is 7.21. The second kappa shape index (κ2) is 12.6. The number of halogens is 1. The van der Waals surface area contributed by atoms with E-state index < -0.39 is 23.4 Å². The number of aromatic nitrogens is 2.